The van der Waals surface area contributed by atoms with Gasteiger partial charge in [-0.2, -0.15) is 34.8 Å². The first-order valence-electron chi connectivity index (χ1n) is 15.0. The lowest BCUT2D eigenvalue weighted by atomic mass is 10.0. The second-order valence-electron chi connectivity index (χ2n) is 10.7. The fourth-order valence-electron chi connectivity index (χ4n) is 4.68. The van der Waals surface area contributed by atoms with Gasteiger partial charge in [0, 0.05) is 12.1 Å². The number of esters is 1. The van der Waals surface area contributed by atoms with E-state index in [-0.39, 0.29) is 6.42 Å². The van der Waals surface area contributed by atoms with Crippen LogP contribution in [-0.2, 0) is 19.6 Å². The van der Waals surface area contributed by atoms with Crippen LogP contribution in [0.3, 0.4) is 0 Å². The topological polar surface area (TPSA) is 115 Å². The predicted octanol–water partition coefficient (Wildman–Crippen LogP) is 8.11. The lowest BCUT2D eigenvalue weighted by Crippen LogP contribution is -2.69. The zero-order valence-electron chi connectivity index (χ0n) is 24.6. The van der Waals surface area contributed by atoms with Crippen molar-refractivity contribution in [2.75, 3.05) is 6.61 Å². The molecule has 0 unspecified atom stereocenters. The van der Waals surface area contributed by atoms with Gasteiger partial charge in [0.2, 0.25) is 11.8 Å². The van der Waals surface area contributed by atoms with Crippen molar-refractivity contribution in [3.8, 4) is 11.8 Å². The van der Waals surface area contributed by atoms with Crippen LogP contribution in [0.1, 0.15) is 122 Å². The molecule has 252 valence electrons. The number of rotatable bonds is 23. The van der Waals surface area contributed by atoms with Crippen molar-refractivity contribution in [3.05, 3.63) is 12.1 Å². The average Bonchev–Trinajstić information content (AvgIpc) is 3.20. The number of alkyl halides is 6. The molecule has 0 fully saturated rings. The minimum absolute atomic E-state index is 0.0871. The summed E-state index contributed by atoms with van der Waals surface area (Å²) in [6.07, 6.45) is 5.03. The molecule has 0 aliphatic carbocycles. The number of halogens is 6. The van der Waals surface area contributed by atoms with E-state index in [9.17, 15) is 49.8 Å². The fraction of sp³-hybridized carbons (Fsp3) is 0.821. The molecule has 0 saturated heterocycles. The Morgan fingerprint density at radius 2 is 1.00 bits per heavy atom. The van der Waals surface area contributed by atoms with Crippen molar-refractivity contribution in [1.82, 2.24) is 4.73 Å². The highest BCUT2D eigenvalue weighted by Gasteiger charge is 2.86. The third-order valence-electron chi connectivity index (χ3n) is 7.16. The van der Waals surface area contributed by atoms with E-state index >= 15 is 0 Å². The summed E-state index contributed by atoms with van der Waals surface area (Å²) in [5.74, 6) is -5.83. The Bertz CT molecular complexity index is 1010. The van der Waals surface area contributed by atoms with Gasteiger partial charge in [-0.25, -0.2) is 4.79 Å². The molecule has 43 heavy (non-hydrogen) atoms. The molecule has 1 heterocycles. The molecule has 0 saturated carbocycles. The van der Waals surface area contributed by atoms with Crippen LogP contribution in [0.2, 0.25) is 0 Å². The van der Waals surface area contributed by atoms with E-state index in [0.29, 0.717) is 25.0 Å². The number of ether oxygens (including phenoxy) is 1. The van der Waals surface area contributed by atoms with Crippen molar-refractivity contribution in [3.63, 3.8) is 0 Å². The van der Waals surface area contributed by atoms with Crippen LogP contribution in [-0.4, -0.2) is 53.0 Å². The maximum absolute atomic E-state index is 13.8. The number of aromatic nitrogens is 1. The molecule has 0 aliphatic heterocycles. The molecule has 8 nitrogen and oxygen atoms in total. The Kier molecular flexibility index (Phi) is 16.6. The van der Waals surface area contributed by atoms with Gasteiger partial charge in [-0.05, 0) is 6.42 Å². The van der Waals surface area contributed by atoms with Gasteiger partial charge in [0.05, 0.1) is 6.61 Å². The zero-order chi connectivity index (χ0) is 32.6. The van der Waals surface area contributed by atoms with E-state index in [1.54, 1.807) is 0 Å². The summed E-state index contributed by atoms with van der Waals surface area (Å²) in [5.41, 5.74) is 0. The monoisotopic (exact) mass is 653 g/mol. The van der Waals surface area contributed by atoms with Gasteiger partial charge in [-0.1, -0.05) is 121 Å². The number of carbonyl (C=O) groups is 1. The van der Waals surface area contributed by atoms with Crippen molar-refractivity contribution < 1.29 is 58.8 Å². The van der Waals surface area contributed by atoms with Crippen LogP contribution in [0.25, 0.3) is 0 Å². The largest absolute Gasteiger partial charge is 0.492 e. The Morgan fingerprint density at radius 3 is 1.33 bits per heavy atom. The first kappa shape index (κ1) is 38.7. The molecular formula is C28H45F6NO7S. The summed E-state index contributed by atoms with van der Waals surface area (Å²) in [7, 11) is -7.02. The van der Waals surface area contributed by atoms with E-state index in [0.717, 1.165) is 32.1 Å². The van der Waals surface area contributed by atoms with Gasteiger partial charge < -0.3 is 14.9 Å². The van der Waals surface area contributed by atoms with Gasteiger partial charge in [0.15, 0.2) is 0 Å². The zero-order valence-corrected chi connectivity index (χ0v) is 25.5. The second-order valence-corrected chi connectivity index (χ2v) is 12.4. The molecule has 1 rings (SSSR count). The third-order valence-corrected chi connectivity index (χ3v) is 8.89. The SMILES string of the molecule is CCCCCCCCCCCCCCCCCCCCOC(=O)C(C(F)(F)F)(C(F)(F)F)S(=O)(=O)On1c(O)ccc1O. The summed E-state index contributed by atoms with van der Waals surface area (Å²) < 4.78 is 109. The third kappa shape index (κ3) is 11.6. The minimum Gasteiger partial charge on any atom is -0.492 e. The van der Waals surface area contributed by atoms with Gasteiger partial charge in [-0.15, -0.1) is 0 Å². The summed E-state index contributed by atoms with van der Waals surface area (Å²) in [5, 5.41) is 18.8. The molecule has 0 aromatic carbocycles. The molecule has 0 radical (unpaired) electrons. The summed E-state index contributed by atoms with van der Waals surface area (Å²) in [6.45, 7) is 1.32. The smallest absolute Gasteiger partial charge is 0.431 e. The average molecular weight is 654 g/mol. The fourth-order valence-corrected chi connectivity index (χ4v) is 5.97. The van der Waals surface area contributed by atoms with Crippen LogP contribution < -0.4 is 4.28 Å². The maximum Gasteiger partial charge on any atom is 0.431 e. The Hall–Kier alpha value is -2.32. The number of hydrogen-bond donors (Lipinski definition) is 2. The summed E-state index contributed by atoms with van der Waals surface area (Å²) in [6, 6.07) is 1.06. The van der Waals surface area contributed by atoms with E-state index in [2.05, 4.69) is 15.9 Å². The standard InChI is InChI=1S/C28H45F6NO7S/c1-2-3-4-5-6-7-8-9-10-11-12-13-14-15-16-17-18-19-22-41-25(38)26(27(29,30)31,28(32,33)34)43(39,40)42-35-23(36)20-21-24(35)37/h20-21,36-37H,2-19,22H2,1H3. The first-order chi connectivity index (χ1) is 20.1. The van der Waals surface area contributed by atoms with Crippen LogP contribution in [0.4, 0.5) is 26.3 Å². The molecular weight excluding hydrogens is 608 g/mol. The number of unbranched alkanes of at least 4 members (excludes halogenated alkanes) is 17. The predicted molar refractivity (Wildman–Crippen MR) is 148 cm³/mol. The van der Waals surface area contributed by atoms with Crippen molar-refractivity contribution >= 4 is 16.1 Å². The molecule has 1 aromatic rings. The van der Waals surface area contributed by atoms with Gasteiger partial charge in [-0.3, -0.25) is 4.28 Å². The normalized spacial score (nSPS) is 12.9. The van der Waals surface area contributed by atoms with Crippen LogP contribution >= 0.6 is 0 Å². The van der Waals surface area contributed by atoms with Crippen LogP contribution in [0.5, 0.6) is 11.8 Å². The molecule has 0 bridgehead atoms. The van der Waals surface area contributed by atoms with Crippen molar-refractivity contribution in [2.24, 2.45) is 0 Å². The Balaban J connectivity index is 2.41. The second kappa shape index (κ2) is 18.5. The molecule has 15 heteroatoms. The molecule has 0 atom stereocenters. The number of aromatic hydroxyl groups is 2. The highest BCUT2D eigenvalue weighted by Crippen LogP contribution is 2.50. The lowest BCUT2D eigenvalue weighted by Gasteiger charge is -2.33. The van der Waals surface area contributed by atoms with E-state index in [1.165, 1.54) is 64.2 Å². The van der Waals surface area contributed by atoms with Crippen LogP contribution in [0, 0.1) is 0 Å². The number of carbonyl (C=O) groups excluding carboxylic acids is 1. The van der Waals surface area contributed by atoms with Gasteiger partial charge in [0.25, 0.3) is 0 Å². The van der Waals surface area contributed by atoms with Crippen molar-refractivity contribution in [2.45, 2.75) is 140 Å². The summed E-state index contributed by atoms with van der Waals surface area (Å²) >= 11 is 0. The van der Waals surface area contributed by atoms with Gasteiger partial charge >= 0.3 is 33.2 Å². The quantitative estimate of drug-likeness (QED) is 0.0697. The minimum atomic E-state index is -7.02. The van der Waals surface area contributed by atoms with E-state index in [1.807, 2.05) is 0 Å². The van der Waals surface area contributed by atoms with Crippen molar-refractivity contribution in [1.29, 1.82) is 0 Å². The highest BCUT2D eigenvalue weighted by molar-refractivity contribution is 7.89. The Labute approximate surface area is 249 Å². The number of nitrogens with zero attached hydrogens (tertiary/aromatic N) is 1. The first-order valence-corrected chi connectivity index (χ1v) is 16.4. The van der Waals surface area contributed by atoms with E-state index in [4.69, 9.17) is 0 Å². The molecule has 0 aliphatic rings. The molecule has 1 aromatic heterocycles. The molecule has 0 amide bonds. The molecule has 0 spiro atoms. The van der Waals surface area contributed by atoms with Crippen LogP contribution in [0.15, 0.2) is 12.1 Å². The maximum atomic E-state index is 13.8. The number of hydrogen-bond acceptors (Lipinski definition) is 7. The summed E-state index contributed by atoms with van der Waals surface area (Å²) in [4.78, 5) is 12.2. The van der Waals surface area contributed by atoms with Gasteiger partial charge in [0.1, 0.15) is 0 Å². The highest BCUT2D eigenvalue weighted by atomic mass is 32.2. The van der Waals surface area contributed by atoms with E-state index < -0.39 is 56.3 Å². The molecule has 2 N–H and O–H groups in total. The lowest BCUT2D eigenvalue weighted by molar-refractivity contribution is -0.269. The Morgan fingerprint density at radius 1 is 0.674 bits per heavy atom.